The highest BCUT2D eigenvalue weighted by atomic mass is 19.4. The van der Waals surface area contributed by atoms with Gasteiger partial charge in [0.2, 0.25) is 6.08 Å². The molecular formula is C37H22F8N6O7. The zero-order valence-corrected chi connectivity index (χ0v) is 29.0. The SMILES string of the molecule is COC(=O)/C=C(\N)C(F)(F)F.N#Cc1cc(F)c(-n2c(=O)cc(C(F)(F)F)[nH]c2=O)cc1Oc1ccccc1.N#Cc1cc(F)c(N=C=O)cc1Oc1ccccc1. The lowest BCUT2D eigenvalue weighted by Crippen LogP contribution is -2.36. The number of carbonyl (C=O) groups is 1. The van der Waals surface area contributed by atoms with E-state index < -0.39 is 58.3 Å². The van der Waals surface area contributed by atoms with Crippen molar-refractivity contribution in [1.82, 2.24) is 9.55 Å². The summed E-state index contributed by atoms with van der Waals surface area (Å²) in [6.45, 7) is 0. The minimum Gasteiger partial charge on any atom is -0.466 e. The van der Waals surface area contributed by atoms with E-state index in [1.165, 1.54) is 17.1 Å². The average molecular weight is 815 g/mol. The molecule has 0 unspecified atom stereocenters. The highest BCUT2D eigenvalue weighted by Crippen LogP contribution is 2.32. The van der Waals surface area contributed by atoms with Crippen molar-refractivity contribution in [2.75, 3.05) is 7.11 Å². The van der Waals surface area contributed by atoms with Gasteiger partial charge >= 0.3 is 24.0 Å². The van der Waals surface area contributed by atoms with Gasteiger partial charge in [-0.1, -0.05) is 36.4 Å². The number of para-hydroxylation sites is 2. The van der Waals surface area contributed by atoms with Gasteiger partial charge in [0.05, 0.1) is 30.0 Å². The van der Waals surface area contributed by atoms with Crippen LogP contribution >= 0.6 is 0 Å². The number of H-pyrrole nitrogens is 1. The van der Waals surface area contributed by atoms with E-state index in [1.807, 2.05) is 12.1 Å². The summed E-state index contributed by atoms with van der Waals surface area (Å²) in [4.78, 5) is 49.2. The summed E-state index contributed by atoms with van der Waals surface area (Å²) >= 11 is 0. The number of carbonyl (C=O) groups excluding carboxylic acids is 2. The molecule has 298 valence electrons. The fourth-order valence-electron chi connectivity index (χ4n) is 4.11. The number of alkyl halides is 6. The molecular weight excluding hydrogens is 792 g/mol. The predicted octanol–water partition coefficient (Wildman–Crippen LogP) is 7.37. The van der Waals surface area contributed by atoms with E-state index in [4.69, 9.17) is 20.0 Å². The van der Waals surface area contributed by atoms with E-state index in [9.17, 15) is 54.3 Å². The van der Waals surface area contributed by atoms with E-state index in [0.717, 1.165) is 25.3 Å². The van der Waals surface area contributed by atoms with Crippen molar-refractivity contribution in [2.24, 2.45) is 10.7 Å². The number of halogens is 8. The zero-order chi connectivity index (χ0) is 43.2. The molecule has 0 fully saturated rings. The summed E-state index contributed by atoms with van der Waals surface area (Å²) in [6.07, 6.45) is -8.20. The second-order valence-corrected chi connectivity index (χ2v) is 10.6. The molecule has 1 heterocycles. The van der Waals surface area contributed by atoms with Crippen LogP contribution in [0.15, 0.2) is 117 Å². The second kappa shape index (κ2) is 19.5. The van der Waals surface area contributed by atoms with E-state index >= 15 is 0 Å². The third-order valence-corrected chi connectivity index (χ3v) is 6.73. The van der Waals surface area contributed by atoms with Gasteiger partial charge in [0.1, 0.15) is 58.0 Å². The van der Waals surface area contributed by atoms with E-state index in [-0.39, 0.29) is 50.8 Å². The Labute approximate surface area is 319 Å². The molecule has 5 aromatic rings. The van der Waals surface area contributed by atoms with Gasteiger partial charge in [-0.2, -0.15) is 41.9 Å². The van der Waals surface area contributed by atoms with Crippen LogP contribution in [0.25, 0.3) is 5.69 Å². The maximum absolute atomic E-state index is 14.4. The number of benzene rings is 4. The monoisotopic (exact) mass is 814 g/mol. The molecule has 4 aromatic carbocycles. The summed E-state index contributed by atoms with van der Waals surface area (Å²) in [5, 5.41) is 18.1. The first kappa shape index (κ1) is 44.4. The van der Waals surface area contributed by atoms with Crippen molar-refractivity contribution in [3.8, 4) is 40.8 Å². The number of rotatable bonds is 7. The molecule has 0 aliphatic carbocycles. The molecule has 0 saturated carbocycles. The second-order valence-electron chi connectivity index (χ2n) is 10.6. The number of esters is 1. The molecule has 0 atom stereocenters. The molecule has 21 heteroatoms. The van der Waals surface area contributed by atoms with Gasteiger partial charge in [0.25, 0.3) is 5.56 Å². The van der Waals surface area contributed by atoms with Crippen molar-refractivity contribution in [3.63, 3.8) is 0 Å². The van der Waals surface area contributed by atoms with Gasteiger partial charge in [-0.05, 0) is 36.4 Å². The lowest BCUT2D eigenvalue weighted by Gasteiger charge is -2.12. The van der Waals surface area contributed by atoms with Crippen molar-refractivity contribution < 1.29 is 58.9 Å². The molecule has 5 rings (SSSR count). The predicted molar refractivity (Wildman–Crippen MR) is 185 cm³/mol. The maximum Gasteiger partial charge on any atom is 0.431 e. The first-order valence-electron chi connectivity index (χ1n) is 15.4. The summed E-state index contributed by atoms with van der Waals surface area (Å²) < 4.78 is 116. The Bertz CT molecular complexity index is 2520. The number of aliphatic imine (C=N–C) groups is 1. The van der Waals surface area contributed by atoms with Crippen LogP contribution in [0.5, 0.6) is 23.0 Å². The van der Waals surface area contributed by atoms with Crippen molar-refractivity contribution in [3.05, 3.63) is 152 Å². The number of isocyanates is 1. The first-order valence-corrected chi connectivity index (χ1v) is 15.4. The number of nitrogens with zero attached hydrogens (tertiary/aromatic N) is 4. The third-order valence-electron chi connectivity index (χ3n) is 6.73. The van der Waals surface area contributed by atoms with Crippen LogP contribution in [-0.4, -0.2) is 34.9 Å². The standard InChI is InChI=1S/C18H9F4N3O3.C14H7FN2O2.C5H6F3NO2/c19-12-6-10(9-23)14(28-11-4-2-1-3-5-11)7-13(12)25-16(26)8-15(18(20,21)22)24-17(25)27;15-12-6-10(8-16)14(7-13(12)17-9-18)19-11-4-2-1-3-5-11;1-11-4(10)2-3(9)5(6,7)8/h1-8H,(H,24,27);1-7H;2H,9H2,1H3/b;;3-2-. The average Bonchev–Trinajstić information content (AvgIpc) is 3.17. The Hall–Kier alpha value is -8.03. The van der Waals surface area contributed by atoms with E-state index in [1.54, 1.807) is 60.7 Å². The Balaban J connectivity index is 0.000000259. The van der Waals surface area contributed by atoms with Gasteiger partial charge in [-0.3, -0.25) is 4.79 Å². The van der Waals surface area contributed by atoms with Crippen LogP contribution < -0.4 is 26.5 Å². The van der Waals surface area contributed by atoms with Crippen LogP contribution in [-0.2, 0) is 20.5 Å². The van der Waals surface area contributed by atoms with Gasteiger partial charge in [-0.25, -0.2) is 27.7 Å². The third kappa shape index (κ3) is 12.2. The summed E-state index contributed by atoms with van der Waals surface area (Å²) in [7, 11) is 0.961. The number of nitrogens with two attached hydrogens (primary N) is 1. The molecule has 13 nitrogen and oxygen atoms in total. The van der Waals surface area contributed by atoms with Gasteiger partial charge < -0.3 is 24.9 Å². The van der Waals surface area contributed by atoms with E-state index in [2.05, 4.69) is 15.5 Å². The number of ether oxygens (including phenoxy) is 3. The smallest absolute Gasteiger partial charge is 0.431 e. The topological polar surface area (TPSA) is 203 Å². The molecule has 1 aromatic heterocycles. The van der Waals surface area contributed by atoms with E-state index in [0.29, 0.717) is 5.75 Å². The molecule has 0 bridgehead atoms. The number of aromatic amines is 1. The summed E-state index contributed by atoms with van der Waals surface area (Å²) in [5.74, 6) is -2.35. The lowest BCUT2D eigenvalue weighted by molar-refractivity contribution is -0.141. The molecule has 0 amide bonds. The quantitative estimate of drug-likeness (QED) is 0.0549. The van der Waals surface area contributed by atoms with Crippen molar-refractivity contribution in [1.29, 1.82) is 10.5 Å². The molecule has 58 heavy (non-hydrogen) atoms. The molecule has 0 saturated heterocycles. The van der Waals surface area contributed by atoms with Gasteiger partial charge in [0, 0.05) is 18.2 Å². The normalized spacial score (nSPS) is 10.8. The first-order chi connectivity index (χ1) is 27.3. The Morgan fingerprint density at radius 2 is 1.31 bits per heavy atom. The Morgan fingerprint density at radius 3 is 1.74 bits per heavy atom. The molecule has 0 aliphatic heterocycles. The highest BCUT2D eigenvalue weighted by Gasteiger charge is 2.33. The maximum atomic E-state index is 14.4. The fourth-order valence-corrected chi connectivity index (χ4v) is 4.11. The number of methoxy groups -OCH3 is 1. The fraction of sp³-hybridized carbons (Fsp3) is 0.0811. The molecule has 0 spiro atoms. The summed E-state index contributed by atoms with van der Waals surface area (Å²) in [6, 6.07) is 24.2. The molecule has 3 N–H and O–H groups in total. The number of hydrogen-bond donors (Lipinski definition) is 2. The number of nitriles is 2. The minimum absolute atomic E-state index is 0.0196. The van der Waals surface area contributed by atoms with Crippen LogP contribution in [0.3, 0.4) is 0 Å². The number of allylic oxidation sites excluding steroid dienone is 1. The van der Waals surface area contributed by atoms with Crippen LogP contribution in [0.4, 0.5) is 40.8 Å². The Morgan fingerprint density at radius 1 is 0.810 bits per heavy atom. The zero-order valence-electron chi connectivity index (χ0n) is 29.0. The van der Waals surface area contributed by atoms with Crippen molar-refractivity contribution in [2.45, 2.75) is 12.4 Å². The van der Waals surface area contributed by atoms with Crippen LogP contribution in [0.1, 0.15) is 16.8 Å². The van der Waals surface area contributed by atoms with Gasteiger partial charge in [-0.15, -0.1) is 0 Å². The lowest BCUT2D eigenvalue weighted by atomic mass is 10.1. The number of nitrogens with one attached hydrogen (secondary N) is 1. The molecule has 0 aliphatic rings. The van der Waals surface area contributed by atoms with Crippen molar-refractivity contribution >= 4 is 17.7 Å². The highest BCUT2D eigenvalue weighted by molar-refractivity contribution is 5.82. The van der Waals surface area contributed by atoms with Gasteiger partial charge in [0.15, 0.2) is 5.82 Å². The summed E-state index contributed by atoms with van der Waals surface area (Å²) in [5.41, 5.74) is -2.56. The van der Waals surface area contributed by atoms with Crippen LogP contribution in [0.2, 0.25) is 0 Å². The van der Waals surface area contributed by atoms with Crippen LogP contribution in [0, 0.1) is 34.3 Å². The number of aromatic nitrogens is 2. The number of hydrogen-bond acceptors (Lipinski definition) is 11. The largest absolute Gasteiger partial charge is 0.466 e. The Kier molecular flexibility index (Phi) is 14.9. The minimum atomic E-state index is -4.96. The molecule has 0 radical (unpaired) electrons.